The van der Waals surface area contributed by atoms with E-state index in [0.717, 1.165) is 38.3 Å². The molecule has 96 valence electrons. The van der Waals surface area contributed by atoms with Crippen molar-refractivity contribution in [3.05, 3.63) is 0 Å². The number of hydrogen-bond donors (Lipinski definition) is 1. The van der Waals surface area contributed by atoms with Gasteiger partial charge in [0.25, 0.3) is 0 Å². The van der Waals surface area contributed by atoms with Crippen LogP contribution in [0.15, 0.2) is 4.99 Å². The van der Waals surface area contributed by atoms with E-state index in [0.29, 0.717) is 0 Å². The second kappa shape index (κ2) is 4.55. The first-order valence-corrected chi connectivity index (χ1v) is 6.25. The Morgan fingerprint density at radius 1 is 1.53 bits per heavy atom. The van der Waals surface area contributed by atoms with Crippen molar-refractivity contribution >= 4 is 11.9 Å². The molecule has 5 nitrogen and oxygen atoms in total. The number of rotatable bonds is 1. The van der Waals surface area contributed by atoms with Crippen LogP contribution in [-0.4, -0.2) is 48.1 Å². The maximum absolute atomic E-state index is 12.0. The summed E-state index contributed by atoms with van der Waals surface area (Å²) < 4.78 is 5.42. The normalized spacial score (nSPS) is 24.5. The van der Waals surface area contributed by atoms with Gasteiger partial charge < -0.3 is 10.1 Å². The molecule has 2 aliphatic rings. The number of hydrogen-bond acceptors (Lipinski definition) is 4. The third-order valence-electron chi connectivity index (χ3n) is 2.90. The highest BCUT2D eigenvalue weighted by Crippen LogP contribution is 2.22. The van der Waals surface area contributed by atoms with Gasteiger partial charge in [-0.05, 0) is 33.6 Å². The van der Waals surface area contributed by atoms with Gasteiger partial charge in [0.2, 0.25) is 0 Å². The van der Waals surface area contributed by atoms with E-state index in [-0.39, 0.29) is 12.1 Å². The van der Waals surface area contributed by atoms with Gasteiger partial charge in [-0.2, -0.15) is 0 Å². The molecule has 0 bridgehead atoms. The average Bonchev–Trinajstić information content (AvgIpc) is 2.85. The molecule has 2 heterocycles. The fourth-order valence-corrected chi connectivity index (χ4v) is 2.23. The van der Waals surface area contributed by atoms with E-state index < -0.39 is 5.60 Å². The zero-order chi connectivity index (χ0) is 12.5. The van der Waals surface area contributed by atoms with Crippen LogP contribution in [0.1, 0.15) is 33.6 Å². The molecule has 2 rings (SSSR count). The molecular weight excluding hydrogens is 218 g/mol. The Balaban J connectivity index is 2.01. The van der Waals surface area contributed by atoms with Crippen LogP contribution < -0.4 is 5.32 Å². The first-order valence-electron chi connectivity index (χ1n) is 6.25. The summed E-state index contributed by atoms with van der Waals surface area (Å²) in [6.45, 7) is 8.13. The highest BCUT2D eigenvalue weighted by molar-refractivity contribution is 5.91. The molecule has 0 aromatic carbocycles. The Hall–Kier alpha value is -1.26. The first-order chi connectivity index (χ1) is 7.97. The Kier molecular flexibility index (Phi) is 3.26. The summed E-state index contributed by atoms with van der Waals surface area (Å²) in [4.78, 5) is 18.2. The molecule has 2 aliphatic heterocycles. The lowest BCUT2D eigenvalue weighted by molar-refractivity contribution is 0.0264. The standard InChI is InChI=1S/C12H21N3O2/c1-12(2,3)17-11(16)15-8-4-5-9(15)10-13-6-7-14-10/h9H,4-8H2,1-3H3,(H,13,14)/t9-/m0/s1. The van der Waals surface area contributed by atoms with Gasteiger partial charge in [-0.15, -0.1) is 0 Å². The number of likely N-dealkylation sites (tertiary alicyclic amines) is 1. The van der Waals surface area contributed by atoms with Gasteiger partial charge in [-0.25, -0.2) is 4.79 Å². The Labute approximate surface area is 102 Å². The highest BCUT2D eigenvalue weighted by atomic mass is 16.6. The van der Waals surface area contributed by atoms with Crippen LogP contribution in [0, 0.1) is 0 Å². The van der Waals surface area contributed by atoms with E-state index in [1.54, 1.807) is 4.90 Å². The molecular formula is C12H21N3O2. The number of ether oxygens (including phenoxy) is 1. The molecule has 0 aromatic heterocycles. The summed E-state index contributed by atoms with van der Waals surface area (Å²) in [6.07, 6.45) is 1.77. The second-order valence-electron chi connectivity index (χ2n) is 5.53. The van der Waals surface area contributed by atoms with Crippen molar-refractivity contribution in [2.24, 2.45) is 4.99 Å². The zero-order valence-corrected chi connectivity index (χ0v) is 10.8. The van der Waals surface area contributed by atoms with Crippen molar-refractivity contribution < 1.29 is 9.53 Å². The molecule has 1 saturated heterocycles. The summed E-state index contributed by atoms with van der Waals surface area (Å²) in [7, 11) is 0. The van der Waals surface area contributed by atoms with Crippen LogP contribution in [-0.2, 0) is 4.74 Å². The van der Waals surface area contributed by atoms with Crippen LogP contribution in [0.3, 0.4) is 0 Å². The van der Waals surface area contributed by atoms with Gasteiger partial charge in [-0.1, -0.05) is 0 Å². The monoisotopic (exact) mass is 239 g/mol. The van der Waals surface area contributed by atoms with E-state index in [1.807, 2.05) is 20.8 Å². The molecule has 17 heavy (non-hydrogen) atoms. The van der Waals surface area contributed by atoms with Crippen LogP contribution >= 0.6 is 0 Å². The lowest BCUT2D eigenvalue weighted by Gasteiger charge is -2.28. The van der Waals surface area contributed by atoms with Gasteiger partial charge in [0.05, 0.1) is 12.6 Å². The number of nitrogens with one attached hydrogen (secondary N) is 1. The first kappa shape index (κ1) is 12.2. The lowest BCUT2D eigenvalue weighted by atomic mass is 10.2. The van der Waals surface area contributed by atoms with Crippen LogP contribution in [0.2, 0.25) is 0 Å². The largest absolute Gasteiger partial charge is 0.444 e. The average molecular weight is 239 g/mol. The highest BCUT2D eigenvalue weighted by Gasteiger charge is 2.35. The molecule has 1 atom stereocenters. The van der Waals surface area contributed by atoms with Gasteiger partial charge in [0.15, 0.2) is 0 Å². The SMILES string of the molecule is CC(C)(C)OC(=O)N1CCC[C@H]1C1=NCCN1. The predicted octanol–water partition coefficient (Wildman–Crippen LogP) is 1.39. The summed E-state index contributed by atoms with van der Waals surface area (Å²) in [5, 5.41) is 3.25. The Morgan fingerprint density at radius 2 is 2.29 bits per heavy atom. The van der Waals surface area contributed by atoms with Gasteiger partial charge in [0, 0.05) is 13.1 Å². The minimum absolute atomic E-state index is 0.0901. The molecule has 0 radical (unpaired) electrons. The fourth-order valence-electron chi connectivity index (χ4n) is 2.23. The quantitative estimate of drug-likeness (QED) is 0.752. The lowest BCUT2D eigenvalue weighted by Crippen LogP contribution is -2.46. The van der Waals surface area contributed by atoms with Crippen LogP contribution in [0.25, 0.3) is 0 Å². The van der Waals surface area contributed by atoms with Gasteiger partial charge >= 0.3 is 6.09 Å². The van der Waals surface area contributed by atoms with Gasteiger partial charge in [-0.3, -0.25) is 9.89 Å². The van der Waals surface area contributed by atoms with Crippen molar-refractivity contribution in [3.63, 3.8) is 0 Å². The molecule has 1 N–H and O–H groups in total. The van der Waals surface area contributed by atoms with Crippen molar-refractivity contribution in [1.82, 2.24) is 10.2 Å². The number of nitrogens with zero attached hydrogens (tertiary/aromatic N) is 2. The van der Waals surface area contributed by atoms with E-state index in [2.05, 4.69) is 10.3 Å². The summed E-state index contributed by atoms with van der Waals surface area (Å²) in [5.74, 6) is 0.952. The Morgan fingerprint density at radius 3 is 2.88 bits per heavy atom. The molecule has 0 saturated carbocycles. The van der Waals surface area contributed by atoms with E-state index in [4.69, 9.17) is 4.74 Å². The smallest absolute Gasteiger partial charge is 0.410 e. The van der Waals surface area contributed by atoms with Gasteiger partial charge in [0.1, 0.15) is 11.4 Å². The Bertz CT molecular complexity index is 333. The molecule has 0 aliphatic carbocycles. The molecule has 1 amide bonds. The zero-order valence-electron chi connectivity index (χ0n) is 10.8. The summed E-state index contributed by atoms with van der Waals surface area (Å²) >= 11 is 0. The predicted molar refractivity (Wildman–Crippen MR) is 66.3 cm³/mol. The minimum atomic E-state index is -0.435. The number of carbonyl (C=O) groups is 1. The summed E-state index contributed by atoms with van der Waals surface area (Å²) in [5.41, 5.74) is -0.435. The maximum atomic E-state index is 12.0. The molecule has 0 spiro atoms. The molecule has 1 fully saturated rings. The minimum Gasteiger partial charge on any atom is -0.444 e. The molecule has 0 aromatic rings. The number of amidine groups is 1. The number of carbonyl (C=O) groups excluding carboxylic acids is 1. The third kappa shape index (κ3) is 2.90. The van der Waals surface area contributed by atoms with E-state index >= 15 is 0 Å². The number of aliphatic imine (C=N–C) groups is 1. The maximum Gasteiger partial charge on any atom is 0.410 e. The van der Waals surface area contributed by atoms with Crippen LogP contribution in [0.5, 0.6) is 0 Å². The second-order valence-corrected chi connectivity index (χ2v) is 5.53. The molecule has 5 heteroatoms. The van der Waals surface area contributed by atoms with E-state index in [1.165, 1.54) is 0 Å². The molecule has 0 unspecified atom stereocenters. The van der Waals surface area contributed by atoms with Crippen molar-refractivity contribution in [3.8, 4) is 0 Å². The van der Waals surface area contributed by atoms with Crippen molar-refractivity contribution in [2.75, 3.05) is 19.6 Å². The van der Waals surface area contributed by atoms with E-state index in [9.17, 15) is 4.79 Å². The number of amides is 1. The summed E-state index contributed by atoms with van der Waals surface area (Å²) in [6, 6.07) is 0.0901. The fraction of sp³-hybridized carbons (Fsp3) is 0.833. The van der Waals surface area contributed by atoms with Crippen LogP contribution in [0.4, 0.5) is 4.79 Å². The van der Waals surface area contributed by atoms with Crippen molar-refractivity contribution in [2.45, 2.75) is 45.3 Å². The topological polar surface area (TPSA) is 53.9 Å². The van der Waals surface area contributed by atoms with Crippen molar-refractivity contribution in [1.29, 1.82) is 0 Å². The third-order valence-corrected chi connectivity index (χ3v) is 2.90.